The number of benzene rings is 2. The molecule has 0 bridgehead atoms. The summed E-state index contributed by atoms with van der Waals surface area (Å²) in [4.78, 5) is 17.2. The number of carbonyl (C=O) groups excluding carboxylic acids is 1. The quantitative estimate of drug-likeness (QED) is 0.313. The van der Waals surface area contributed by atoms with Crippen molar-refractivity contribution in [2.75, 3.05) is 26.3 Å². The Morgan fingerprint density at radius 2 is 1.73 bits per heavy atom. The van der Waals surface area contributed by atoms with E-state index in [1.807, 2.05) is 0 Å². The van der Waals surface area contributed by atoms with Crippen LogP contribution in [0.2, 0.25) is 0 Å². The van der Waals surface area contributed by atoms with Gasteiger partial charge >= 0.3 is 0 Å². The summed E-state index contributed by atoms with van der Waals surface area (Å²) in [6.45, 7) is 13.1. The molecule has 3 fully saturated rings. The number of aromatic nitrogens is 1. The summed E-state index contributed by atoms with van der Waals surface area (Å²) in [5, 5.41) is 2.50. The Kier molecular flexibility index (Phi) is 7.79. The van der Waals surface area contributed by atoms with E-state index in [9.17, 15) is 4.79 Å². The summed E-state index contributed by atoms with van der Waals surface area (Å²) in [7, 11) is 0. The molecule has 214 valence electrons. The van der Waals surface area contributed by atoms with Crippen molar-refractivity contribution in [1.29, 1.82) is 0 Å². The number of nitrogens with zero attached hydrogens (tertiary/aromatic N) is 2. The molecule has 2 aromatic carbocycles. The molecular formula is C34H45N3O2S. The number of fused-ring (bicyclic) bond motifs is 1. The van der Waals surface area contributed by atoms with Crippen molar-refractivity contribution in [2.45, 2.75) is 89.6 Å². The molecule has 3 aliphatic rings. The Balaban J connectivity index is 1.37. The Hall–Kier alpha value is -2.28. The second-order valence-electron chi connectivity index (χ2n) is 13.5. The van der Waals surface area contributed by atoms with Gasteiger partial charge in [0.15, 0.2) is 0 Å². The Morgan fingerprint density at radius 1 is 1.02 bits per heavy atom. The zero-order valence-corrected chi connectivity index (χ0v) is 25.5. The van der Waals surface area contributed by atoms with Gasteiger partial charge in [-0.2, -0.15) is 0 Å². The summed E-state index contributed by atoms with van der Waals surface area (Å²) in [6.07, 6.45) is 8.71. The van der Waals surface area contributed by atoms with Gasteiger partial charge in [-0.05, 0) is 94.1 Å². The molecule has 3 aromatic rings. The van der Waals surface area contributed by atoms with E-state index in [1.165, 1.54) is 59.0 Å². The van der Waals surface area contributed by atoms with Crippen LogP contribution in [0.15, 0.2) is 47.4 Å². The smallest absolute Gasteiger partial charge is 0.255 e. The number of carbonyl (C=O) groups is 1. The van der Waals surface area contributed by atoms with Gasteiger partial charge in [0.05, 0.1) is 5.56 Å². The molecule has 0 radical (unpaired) electrons. The van der Waals surface area contributed by atoms with Crippen LogP contribution in [0, 0.1) is 18.3 Å². The van der Waals surface area contributed by atoms with Crippen LogP contribution in [0.4, 0.5) is 0 Å². The molecule has 3 heterocycles. The highest BCUT2D eigenvalue weighted by molar-refractivity contribution is 7.97. The maximum Gasteiger partial charge on any atom is 0.255 e. The van der Waals surface area contributed by atoms with E-state index in [4.69, 9.17) is 4.74 Å². The molecule has 5 nitrogen and oxygen atoms in total. The van der Waals surface area contributed by atoms with E-state index in [1.54, 1.807) is 11.9 Å². The highest BCUT2D eigenvalue weighted by atomic mass is 32.2. The van der Waals surface area contributed by atoms with E-state index < -0.39 is 0 Å². The van der Waals surface area contributed by atoms with Gasteiger partial charge in [0, 0.05) is 65.6 Å². The van der Waals surface area contributed by atoms with Crippen molar-refractivity contribution in [3.8, 4) is 11.3 Å². The van der Waals surface area contributed by atoms with Crippen LogP contribution in [0.3, 0.4) is 0 Å². The van der Waals surface area contributed by atoms with Gasteiger partial charge in [-0.3, -0.25) is 9.52 Å². The molecule has 0 unspecified atom stereocenters. The molecule has 2 saturated heterocycles. The minimum atomic E-state index is 0.0194. The fourth-order valence-electron chi connectivity index (χ4n) is 6.94. The zero-order valence-electron chi connectivity index (χ0n) is 24.7. The summed E-state index contributed by atoms with van der Waals surface area (Å²) < 4.78 is 11.7. The first-order valence-electron chi connectivity index (χ1n) is 15.3. The number of rotatable bonds is 6. The molecule has 1 aliphatic carbocycles. The van der Waals surface area contributed by atoms with Crippen molar-refractivity contribution >= 4 is 28.6 Å². The van der Waals surface area contributed by atoms with Crippen LogP contribution in [0.25, 0.3) is 22.0 Å². The van der Waals surface area contributed by atoms with Crippen LogP contribution in [0.1, 0.15) is 81.8 Å². The number of nitrogens with one attached hydrogen (secondary N) is 1. The summed E-state index contributed by atoms with van der Waals surface area (Å²) in [6, 6.07) is 15.5. The second-order valence-corrected chi connectivity index (χ2v) is 14.4. The van der Waals surface area contributed by atoms with Crippen molar-refractivity contribution < 1.29 is 9.53 Å². The van der Waals surface area contributed by atoms with E-state index in [0.29, 0.717) is 5.92 Å². The average molecular weight is 560 g/mol. The van der Waals surface area contributed by atoms with E-state index in [-0.39, 0.29) is 16.9 Å². The van der Waals surface area contributed by atoms with E-state index in [2.05, 4.69) is 84.3 Å². The SMILES string of the molecule is Cc1c(C(=O)N2CC3(CCOCC3)C2)cc(-c2ccc(SNC(C)(C)C)c3ccccc23)n1CC1CCCCC1. The molecular weight excluding hydrogens is 514 g/mol. The van der Waals surface area contributed by atoms with Crippen molar-refractivity contribution in [3.63, 3.8) is 0 Å². The lowest BCUT2D eigenvalue weighted by molar-refractivity contribution is -0.0666. The van der Waals surface area contributed by atoms with Crippen molar-refractivity contribution in [3.05, 3.63) is 53.7 Å². The van der Waals surface area contributed by atoms with Crippen LogP contribution in [0.5, 0.6) is 0 Å². The van der Waals surface area contributed by atoms with Gasteiger partial charge in [-0.15, -0.1) is 0 Å². The lowest BCUT2D eigenvalue weighted by Crippen LogP contribution is -2.60. The summed E-state index contributed by atoms with van der Waals surface area (Å²) >= 11 is 1.71. The van der Waals surface area contributed by atoms with Gasteiger partial charge in [-0.1, -0.05) is 49.6 Å². The minimum Gasteiger partial charge on any atom is -0.381 e. The second kappa shape index (κ2) is 11.2. The number of hydrogen-bond donors (Lipinski definition) is 1. The average Bonchev–Trinajstić information content (AvgIpc) is 3.25. The number of amides is 1. The highest BCUT2D eigenvalue weighted by Gasteiger charge is 2.46. The standard InChI is InChI=1S/C34H45N3O2S/c1-24-29(32(38)36-22-34(23-36)16-18-39-19-17-34)20-30(37(24)21-25-10-6-5-7-11-25)27-14-15-31(40-35-33(2,3)4)28-13-9-8-12-26(27)28/h8-9,12-15,20,25,35H,5-7,10-11,16-19,21-23H2,1-4H3. The third-order valence-electron chi connectivity index (χ3n) is 9.28. The Labute approximate surface area is 244 Å². The van der Waals surface area contributed by atoms with Crippen molar-refractivity contribution in [2.24, 2.45) is 11.3 Å². The third kappa shape index (κ3) is 5.60. The lowest BCUT2D eigenvalue weighted by atomic mass is 9.73. The number of ether oxygens (including phenoxy) is 1. The van der Waals surface area contributed by atoms with Gasteiger partial charge in [0.2, 0.25) is 0 Å². The monoisotopic (exact) mass is 559 g/mol. The molecule has 1 amide bonds. The molecule has 6 heteroatoms. The first-order valence-corrected chi connectivity index (χ1v) is 16.1. The molecule has 0 atom stereocenters. The van der Waals surface area contributed by atoms with Crippen LogP contribution >= 0.6 is 11.9 Å². The maximum absolute atomic E-state index is 13.9. The number of hydrogen-bond acceptors (Lipinski definition) is 4. The fraction of sp³-hybridized carbons (Fsp3) is 0.559. The first kappa shape index (κ1) is 27.9. The Morgan fingerprint density at radius 3 is 2.42 bits per heavy atom. The molecule has 6 rings (SSSR count). The zero-order chi connectivity index (χ0) is 27.9. The Bertz CT molecular complexity index is 1370. The van der Waals surface area contributed by atoms with Crippen molar-refractivity contribution in [1.82, 2.24) is 14.2 Å². The van der Waals surface area contributed by atoms with E-state index in [0.717, 1.165) is 56.9 Å². The summed E-state index contributed by atoms with van der Waals surface area (Å²) in [5.41, 5.74) is 4.70. The molecule has 1 N–H and O–H groups in total. The highest BCUT2D eigenvalue weighted by Crippen LogP contribution is 2.42. The minimum absolute atomic E-state index is 0.0194. The van der Waals surface area contributed by atoms with Crippen LogP contribution < -0.4 is 4.72 Å². The largest absolute Gasteiger partial charge is 0.381 e. The normalized spacial score (nSPS) is 19.8. The predicted octanol–water partition coefficient (Wildman–Crippen LogP) is 7.84. The predicted molar refractivity (Wildman–Crippen MR) is 166 cm³/mol. The van der Waals surface area contributed by atoms with Crippen LogP contribution in [-0.2, 0) is 11.3 Å². The molecule has 40 heavy (non-hydrogen) atoms. The third-order valence-corrected chi connectivity index (χ3v) is 10.6. The topological polar surface area (TPSA) is 46.5 Å². The molecule has 1 aromatic heterocycles. The van der Waals surface area contributed by atoms with Gasteiger partial charge < -0.3 is 14.2 Å². The number of likely N-dealkylation sites (tertiary alicyclic amines) is 1. The van der Waals surface area contributed by atoms with Gasteiger partial charge in [0.1, 0.15) is 0 Å². The molecule has 1 saturated carbocycles. The molecule has 2 aliphatic heterocycles. The van der Waals surface area contributed by atoms with Gasteiger partial charge in [0.25, 0.3) is 5.91 Å². The lowest BCUT2D eigenvalue weighted by Gasteiger charge is -2.52. The fourth-order valence-corrected chi connectivity index (χ4v) is 7.78. The maximum atomic E-state index is 13.9. The van der Waals surface area contributed by atoms with E-state index >= 15 is 0 Å². The molecule has 1 spiro atoms. The van der Waals surface area contributed by atoms with Crippen LogP contribution in [-0.4, -0.2) is 47.2 Å². The first-order chi connectivity index (χ1) is 19.2. The summed E-state index contributed by atoms with van der Waals surface area (Å²) in [5.74, 6) is 0.872. The van der Waals surface area contributed by atoms with Gasteiger partial charge in [-0.25, -0.2) is 0 Å².